The average molecular weight is 240 g/mol. The number of piperidine rings is 1. The van der Waals surface area contributed by atoms with E-state index < -0.39 is 0 Å². The molecular formula is C14H28N2O. The molecule has 17 heavy (non-hydrogen) atoms. The molecule has 1 aliphatic heterocycles. The van der Waals surface area contributed by atoms with Crippen LogP contribution in [0.2, 0.25) is 0 Å². The number of rotatable bonds is 6. The lowest BCUT2D eigenvalue weighted by molar-refractivity contribution is -0.137. The van der Waals surface area contributed by atoms with Crippen LogP contribution in [0.4, 0.5) is 0 Å². The van der Waals surface area contributed by atoms with Crippen LogP contribution in [0.1, 0.15) is 65.2 Å². The molecule has 1 saturated heterocycles. The highest BCUT2D eigenvalue weighted by atomic mass is 16.2. The summed E-state index contributed by atoms with van der Waals surface area (Å²) in [5.74, 6) is 0.323. The van der Waals surface area contributed by atoms with E-state index in [1.165, 1.54) is 25.7 Å². The van der Waals surface area contributed by atoms with Crippen molar-refractivity contribution in [1.82, 2.24) is 4.90 Å². The predicted octanol–water partition coefficient (Wildman–Crippen LogP) is 2.69. The van der Waals surface area contributed by atoms with Crippen molar-refractivity contribution in [3.8, 4) is 0 Å². The second-order valence-corrected chi connectivity index (χ2v) is 5.28. The lowest BCUT2D eigenvalue weighted by Gasteiger charge is -2.40. The van der Waals surface area contributed by atoms with Gasteiger partial charge >= 0.3 is 0 Å². The molecule has 1 rings (SSSR count). The summed E-state index contributed by atoms with van der Waals surface area (Å²) in [6, 6.07) is 0.674. The van der Waals surface area contributed by atoms with Gasteiger partial charge < -0.3 is 10.6 Å². The van der Waals surface area contributed by atoms with Crippen molar-refractivity contribution in [2.75, 3.05) is 6.54 Å². The minimum absolute atomic E-state index is 0.289. The minimum atomic E-state index is 0.289. The quantitative estimate of drug-likeness (QED) is 0.726. The van der Waals surface area contributed by atoms with Gasteiger partial charge in [-0.25, -0.2) is 0 Å². The van der Waals surface area contributed by atoms with Gasteiger partial charge in [0.1, 0.15) is 0 Å². The first kappa shape index (κ1) is 14.5. The third-order valence-corrected chi connectivity index (χ3v) is 3.83. The summed E-state index contributed by atoms with van der Waals surface area (Å²) in [6.07, 6.45) is 8.82. The monoisotopic (exact) mass is 240 g/mol. The molecule has 0 aromatic rings. The smallest absolute Gasteiger partial charge is 0.223 e. The Morgan fingerprint density at radius 3 is 2.71 bits per heavy atom. The summed E-state index contributed by atoms with van der Waals surface area (Å²) < 4.78 is 0. The molecule has 1 fully saturated rings. The van der Waals surface area contributed by atoms with E-state index in [0.717, 1.165) is 19.3 Å². The topological polar surface area (TPSA) is 46.3 Å². The molecule has 1 amide bonds. The van der Waals surface area contributed by atoms with Crippen LogP contribution in [0.25, 0.3) is 0 Å². The van der Waals surface area contributed by atoms with E-state index in [2.05, 4.69) is 18.7 Å². The fourth-order valence-corrected chi connectivity index (χ4v) is 2.80. The lowest BCUT2D eigenvalue weighted by Crippen LogP contribution is -2.51. The third kappa shape index (κ3) is 4.30. The Morgan fingerprint density at radius 1 is 1.29 bits per heavy atom. The molecule has 0 aromatic carbocycles. The zero-order valence-electron chi connectivity index (χ0n) is 11.5. The van der Waals surface area contributed by atoms with Crippen LogP contribution in [0.15, 0.2) is 0 Å². The number of hydrogen-bond donors (Lipinski definition) is 1. The fourth-order valence-electron chi connectivity index (χ4n) is 2.80. The van der Waals surface area contributed by atoms with Crippen LogP contribution >= 0.6 is 0 Å². The molecule has 1 heterocycles. The van der Waals surface area contributed by atoms with Gasteiger partial charge in [0, 0.05) is 25.0 Å². The summed E-state index contributed by atoms with van der Waals surface area (Å²) >= 11 is 0. The zero-order valence-corrected chi connectivity index (χ0v) is 11.5. The van der Waals surface area contributed by atoms with Crippen molar-refractivity contribution >= 4 is 5.91 Å². The SMILES string of the molecule is CCCCCCC(=O)N1C(C)CCCC1CN. The van der Waals surface area contributed by atoms with Gasteiger partial charge in [-0.05, 0) is 32.6 Å². The van der Waals surface area contributed by atoms with Crippen molar-refractivity contribution in [1.29, 1.82) is 0 Å². The Bertz CT molecular complexity index is 230. The van der Waals surface area contributed by atoms with Crippen molar-refractivity contribution in [2.45, 2.75) is 77.3 Å². The summed E-state index contributed by atoms with van der Waals surface area (Å²) in [4.78, 5) is 14.3. The Balaban J connectivity index is 2.40. The maximum Gasteiger partial charge on any atom is 0.223 e. The number of carbonyl (C=O) groups is 1. The highest BCUT2D eigenvalue weighted by Gasteiger charge is 2.30. The standard InChI is InChI=1S/C14H28N2O/c1-3-4-5-6-10-14(17)16-12(2)8-7-9-13(16)11-15/h12-13H,3-11,15H2,1-2H3. The molecule has 0 aliphatic carbocycles. The second kappa shape index (κ2) is 7.70. The highest BCUT2D eigenvalue weighted by molar-refractivity contribution is 5.77. The molecule has 0 bridgehead atoms. The molecule has 3 nitrogen and oxygen atoms in total. The first-order chi connectivity index (χ1) is 8.20. The normalized spacial score (nSPS) is 25.0. The summed E-state index contributed by atoms with van der Waals surface area (Å²) in [7, 11) is 0. The van der Waals surface area contributed by atoms with Crippen LogP contribution in [0.5, 0.6) is 0 Å². The number of hydrogen-bond acceptors (Lipinski definition) is 2. The average Bonchev–Trinajstić information content (AvgIpc) is 2.34. The van der Waals surface area contributed by atoms with Crippen molar-refractivity contribution < 1.29 is 4.79 Å². The molecular weight excluding hydrogens is 212 g/mol. The molecule has 2 unspecified atom stereocenters. The largest absolute Gasteiger partial charge is 0.336 e. The van der Waals surface area contributed by atoms with E-state index in [1.54, 1.807) is 0 Å². The number of nitrogens with two attached hydrogens (primary N) is 1. The third-order valence-electron chi connectivity index (χ3n) is 3.83. The number of unbranched alkanes of at least 4 members (excludes halogenated alkanes) is 3. The van der Waals surface area contributed by atoms with E-state index >= 15 is 0 Å². The first-order valence-electron chi connectivity index (χ1n) is 7.22. The van der Waals surface area contributed by atoms with Crippen LogP contribution in [0.3, 0.4) is 0 Å². The highest BCUT2D eigenvalue weighted by Crippen LogP contribution is 2.23. The van der Waals surface area contributed by atoms with Crippen molar-refractivity contribution in [2.24, 2.45) is 5.73 Å². The van der Waals surface area contributed by atoms with Crippen molar-refractivity contribution in [3.63, 3.8) is 0 Å². The Morgan fingerprint density at radius 2 is 2.06 bits per heavy atom. The molecule has 2 atom stereocenters. The molecule has 100 valence electrons. The first-order valence-corrected chi connectivity index (χ1v) is 7.22. The van der Waals surface area contributed by atoms with Crippen LogP contribution in [-0.4, -0.2) is 29.4 Å². The summed E-state index contributed by atoms with van der Waals surface area (Å²) in [6.45, 7) is 4.97. The van der Waals surface area contributed by atoms with Gasteiger partial charge in [-0.15, -0.1) is 0 Å². The van der Waals surface area contributed by atoms with Gasteiger partial charge in [-0.1, -0.05) is 26.2 Å². The van der Waals surface area contributed by atoms with Crippen LogP contribution in [-0.2, 0) is 4.79 Å². The Hall–Kier alpha value is -0.570. The van der Waals surface area contributed by atoms with Crippen LogP contribution in [0, 0.1) is 0 Å². The van der Waals surface area contributed by atoms with Gasteiger partial charge in [0.25, 0.3) is 0 Å². The van der Waals surface area contributed by atoms with E-state index in [1.807, 2.05) is 0 Å². The molecule has 0 aromatic heterocycles. The number of nitrogens with zero attached hydrogens (tertiary/aromatic N) is 1. The van der Waals surface area contributed by atoms with E-state index in [-0.39, 0.29) is 6.04 Å². The Kier molecular flexibility index (Phi) is 6.56. The van der Waals surface area contributed by atoms with Crippen molar-refractivity contribution in [3.05, 3.63) is 0 Å². The van der Waals surface area contributed by atoms with Gasteiger partial charge in [-0.2, -0.15) is 0 Å². The number of likely N-dealkylation sites (tertiary alicyclic amines) is 1. The second-order valence-electron chi connectivity index (χ2n) is 5.28. The van der Waals surface area contributed by atoms with Gasteiger partial charge in [0.05, 0.1) is 0 Å². The number of carbonyl (C=O) groups excluding carboxylic acids is 1. The van der Waals surface area contributed by atoms with Crippen LogP contribution < -0.4 is 5.73 Å². The van der Waals surface area contributed by atoms with E-state index in [4.69, 9.17) is 5.73 Å². The van der Waals surface area contributed by atoms with Gasteiger partial charge in [0.2, 0.25) is 5.91 Å². The maximum absolute atomic E-state index is 12.2. The van der Waals surface area contributed by atoms with E-state index in [9.17, 15) is 4.79 Å². The Labute approximate surface area is 106 Å². The number of amides is 1. The molecule has 0 radical (unpaired) electrons. The zero-order chi connectivity index (χ0) is 12.7. The predicted molar refractivity (Wildman–Crippen MR) is 71.8 cm³/mol. The fraction of sp³-hybridized carbons (Fsp3) is 0.929. The maximum atomic E-state index is 12.2. The summed E-state index contributed by atoms with van der Waals surface area (Å²) in [5, 5.41) is 0. The minimum Gasteiger partial charge on any atom is -0.336 e. The molecule has 0 saturated carbocycles. The van der Waals surface area contributed by atoms with Gasteiger partial charge in [-0.3, -0.25) is 4.79 Å². The lowest BCUT2D eigenvalue weighted by atomic mass is 9.95. The van der Waals surface area contributed by atoms with E-state index in [0.29, 0.717) is 24.9 Å². The molecule has 0 spiro atoms. The summed E-state index contributed by atoms with van der Waals surface area (Å²) in [5.41, 5.74) is 5.78. The molecule has 2 N–H and O–H groups in total. The molecule has 1 aliphatic rings. The van der Waals surface area contributed by atoms with Gasteiger partial charge in [0.15, 0.2) is 0 Å². The molecule has 3 heteroatoms.